The summed E-state index contributed by atoms with van der Waals surface area (Å²) in [6.07, 6.45) is -6.49. The Kier molecular flexibility index (Phi) is 7.04. The van der Waals surface area contributed by atoms with Crippen LogP contribution in [0.2, 0.25) is 0 Å². The zero-order chi connectivity index (χ0) is 20.3. The first-order chi connectivity index (χ1) is 12.0. The van der Waals surface area contributed by atoms with E-state index in [1.54, 1.807) is 12.1 Å². The minimum atomic E-state index is -4.47. The van der Waals surface area contributed by atoms with Gasteiger partial charge in [0.15, 0.2) is 0 Å². The lowest BCUT2D eigenvalue weighted by atomic mass is 9.79. The van der Waals surface area contributed by atoms with Crippen LogP contribution in [0.15, 0.2) is 18.2 Å². The van der Waals surface area contributed by atoms with Crippen molar-refractivity contribution in [2.75, 3.05) is 5.32 Å². The molecule has 0 aromatic heterocycles. The molecule has 0 amide bonds. The molecule has 0 spiro atoms. The lowest BCUT2D eigenvalue weighted by molar-refractivity contribution is -0.182. The van der Waals surface area contributed by atoms with Crippen molar-refractivity contribution in [2.45, 2.75) is 79.0 Å². The van der Waals surface area contributed by atoms with E-state index in [2.05, 4.69) is 5.32 Å². The maximum atomic E-state index is 12.7. The Morgan fingerprint density at radius 3 is 1.92 bits per heavy atom. The fraction of sp³-hybridized carbons (Fsp3) is 0.667. The molecule has 4 nitrogen and oxygen atoms in total. The van der Waals surface area contributed by atoms with Crippen LogP contribution >= 0.6 is 0 Å². The fourth-order valence-corrected chi connectivity index (χ4v) is 2.33. The average Bonchev–Trinajstić information content (AvgIpc) is 3.09. The van der Waals surface area contributed by atoms with Gasteiger partial charge in [0, 0.05) is 0 Å². The van der Waals surface area contributed by atoms with Crippen LogP contribution < -0.4 is 15.5 Å². The molecule has 1 aromatic rings. The number of hydrogen-bond acceptors (Lipinski definition) is 4. The number of halogens is 3. The van der Waals surface area contributed by atoms with Crippen molar-refractivity contribution in [3.8, 4) is 5.75 Å². The molecule has 1 unspecified atom stereocenters. The lowest BCUT2D eigenvalue weighted by Gasteiger charge is -2.32. The van der Waals surface area contributed by atoms with Gasteiger partial charge >= 0.3 is 13.3 Å². The quantitative estimate of drug-likeness (QED) is 0.721. The SMILES string of the molecule is CC.CC.CC1(C)OB(c2ccc3c(c2)OC(C(F)(F)F)N3)OC1(C)C. The molecule has 0 radical (unpaired) electrons. The number of fused-ring (bicyclic) bond motifs is 1. The molecule has 26 heavy (non-hydrogen) atoms. The Hall–Kier alpha value is -1.41. The molecule has 1 saturated heterocycles. The summed E-state index contributed by atoms with van der Waals surface area (Å²) in [5.74, 6) is 0.148. The molecule has 8 heteroatoms. The first-order valence-electron chi connectivity index (χ1n) is 8.99. The summed E-state index contributed by atoms with van der Waals surface area (Å²) in [6, 6.07) is 4.74. The molecule has 0 saturated carbocycles. The van der Waals surface area contributed by atoms with Gasteiger partial charge < -0.3 is 19.4 Å². The van der Waals surface area contributed by atoms with E-state index in [0.717, 1.165) is 0 Å². The number of benzene rings is 1. The zero-order valence-electron chi connectivity index (χ0n) is 16.7. The van der Waals surface area contributed by atoms with E-state index in [0.29, 0.717) is 11.2 Å². The predicted molar refractivity (Wildman–Crippen MR) is 98.9 cm³/mol. The smallest absolute Gasteiger partial charge is 0.459 e. The Bertz CT molecular complexity index is 590. The molecular formula is C18H29BF3NO3. The summed E-state index contributed by atoms with van der Waals surface area (Å²) in [6.45, 7) is 15.7. The van der Waals surface area contributed by atoms with E-state index in [-0.39, 0.29) is 5.75 Å². The van der Waals surface area contributed by atoms with Crippen molar-refractivity contribution >= 4 is 18.3 Å². The van der Waals surface area contributed by atoms with E-state index in [1.807, 2.05) is 55.4 Å². The summed E-state index contributed by atoms with van der Waals surface area (Å²) in [5, 5.41) is 2.30. The van der Waals surface area contributed by atoms with E-state index in [9.17, 15) is 13.2 Å². The summed E-state index contributed by atoms with van der Waals surface area (Å²) < 4.78 is 54.8. The van der Waals surface area contributed by atoms with Gasteiger partial charge in [-0.15, -0.1) is 0 Å². The maximum Gasteiger partial charge on any atom is 0.494 e. The van der Waals surface area contributed by atoms with Gasteiger partial charge in [0.2, 0.25) is 0 Å². The van der Waals surface area contributed by atoms with Crippen molar-refractivity contribution in [2.24, 2.45) is 0 Å². The molecule has 1 fully saturated rings. The highest BCUT2D eigenvalue weighted by Crippen LogP contribution is 2.39. The second-order valence-corrected chi connectivity index (χ2v) is 6.53. The van der Waals surface area contributed by atoms with E-state index < -0.39 is 30.7 Å². The lowest BCUT2D eigenvalue weighted by Crippen LogP contribution is -2.41. The molecule has 0 aliphatic carbocycles. The first-order valence-corrected chi connectivity index (χ1v) is 8.99. The predicted octanol–water partition coefficient (Wildman–Crippen LogP) is 4.73. The molecule has 2 aliphatic rings. The highest BCUT2D eigenvalue weighted by Gasteiger charge is 2.52. The largest absolute Gasteiger partial charge is 0.494 e. The molecule has 148 valence electrons. The van der Waals surface area contributed by atoms with Crippen molar-refractivity contribution in [1.82, 2.24) is 0 Å². The highest BCUT2D eigenvalue weighted by molar-refractivity contribution is 6.62. The normalized spacial score (nSPS) is 22.1. The zero-order valence-corrected chi connectivity index (χ0v) is 16.7. The molecule has 2 heterocycles. The first kappa shape index (κ1) is 22.6. The number of ether oxygens (including phenoxy) is 1. The van der Waals surface area contributed by atoms with Crippen molar-refractivity contribution in [3.05, 3.63) is 18.2 Å². The highest BCUT2D eigenvalue weighted by atomic mass is 19.4. The molecule has 1 N–H and O–H groups in total. The van der Waals surface area contributed by atoms with Crippen LogP contribution in [0.5, 0.6) is 5.75 Å². The number of anilines is 1. The number of nitrogens with one attached hydrogen (secondary N) is 1. The summed E-state index contributed by atoms with van der Waals surface area (Å²) >= 11 is 0. The van der Waals surface area contributed by atoms with Gasteiger partial charge in [0.1, 0.15) is 5.75 Å². The van der Waals surface area contributed by atoms with Crippen molar-refractivity contribution < 1.29 is 27.2 Å². The summed E-state index contributed by atoms with van der Waals surface area (Å²) in [7, 11) is -0.635. The molecule has 1 aromatic carbocycles. The van der Waals surface area contributed by atoms with Gasteiger partial charge in [-0.2, -0.15) is 13.2 Å². The van der Waals surface area contributed by atoms with Gasteiger partial charge in [0.05, 0.1) is 16.9 Å². The van der Waals surface area contributed by atoms with E-state index in [1.165, 1.54) is 6.07 Å². The van der Waals surface area contributed by atoms with Crippen molar-refractivity contribution in [1.29, 1.82) is 0 Å². The topological polar surface area (TPSA) is 39.7 Å². The van der Waals surface area contributed by atoms with E-state index in [4.69, 9.17) is 14.0 Å². The third kappa shape index (κ3) is 4.46. The van der Waals surface area contributed by atoms with Crippen LogP contribution in [0, 0.1) is 0 Å². The molecular weight excluding hydrogens is 346 g/mol. The van der Waals surface area contributed by atoms with Crippen LogP contribution in [-0.2, 0) is 9.31 Å². The number of hydrogen-bond donors (Lipinski definition) is 1. The number of rotatable bonds is 1. The Labute approximate surface area is 154 Å². The van der Waals surface area contributed by atoms with Gasteiger partial charge in [-0.25, -0.2) is 0 Å². The van der Waals surface area contributed by atoms with Gasteiger partial charge in [-0.1, -0.05) is 33.8 Å². The summed E-state index contributed by atoms with van der Waals surface area (Å²) in [4.78, 5) is 0. The van der Waals surface area contributed by atoms with Crippen LogP contribution in [0.1, 0.15) is 55.4 Å². The third-order valence-electron chi connectivity index (χ3n) is 4.36. The third-order valence-corrected chi connectivity index (χ3v) is 4.36. The van der Waals surface area contributed by atoms with Gasteiger partial charge in [0.25, 0.3) is 6.23 Å². The number of alkyl halides is 3. The second-order valence-electron chi connectivity index (χ2n) is 6.53. The molecule has 1 atom stereocenters. The molecule has 3 rings (SSSR count). The summed E-state index contributed by atoms with van der Waals surface area (Å²) in [5.41, 5.74) is -0.0844. The van der Waals surface area contributed by atoms with Gasteiger partial charge in [-0.3, -0.25) is 0 Å². The Balaban J connectivity index is 0.000000791. The minimum Gasteiger partial charge on any atom is -0.459 e. The molecule has 0 bridgehead atoms. The molecule has 2 aliphatic heterocycles. The monoisotopic (exact) mass is 375 g/mol. The Morgan fingerprint density at radius 2 is 1.46 bits per heavy atom. The van der Waals surface area contributed by atoms with Crippen LogP contribution in [0.3, 0.4) is 0 Å². The second kappa shape index (κ2) is 8.09. The van der Waals surface area contributed by atoms with Crippen LogP contribution in [-0.4, -0.2) is 30.7 Å². The van der Waals surface area contributed by atoms with Gasteiger partial charge in [-0.05, 0) is 45.3 Å². The van der Waals surface area contributed by atoms with E-state index >= 15 is 0 Å². The van der Waals surface area contributed by atoms with Crippen LogP contribution in [0.25, 0.3) is 0 Å². The fourth-order valence-electron chi connectivity index (χ4n) is 2.33. The van der Waals surface area contributed by atoms with Crippen molar-refractivity contribution in [3.63, 3.8) is 0 Å². The average molecular weight is 375 g/mol. The van der Waals surface area contributed by atoms with Crippen LogP contribution in [0.4, 0.5) is 18.9 Å². The maximum absolute atomic E-state index is 12.7. The Morgan fingerprint density at radius 1 is 0.962 bits per heavy atom. The standard InChI is InChI=1S/C14H17BF3NO3.2C2H6/c1-12(2)13(3,4)22-15(21-12)8-5-6-9-10(7-8)20-11(19-9)14(16,17)18;2*1-2/h5-7,11,19H,1-4H3;2*1-2H3. The minimum absolute atomic E-state index is 0.148.